The molecule has 8 nitrogen and oxygen atoms in total. The minimum atomic E-state index is -0.917. The van der Waals surface area contributed by atoms with Gasteiger partial charge in [0.15, 0.2) is 0 Å². The molecule has 0 saturated carbocycles. The fourth-order valence-electron chi connectivity index (χ4n) is 2.16. The van der Waals surface area contributed by atoms with Crippen molar-refractivity contribution in [3.8, 4) is 11.5 Å². The third kappa shape index (κ3) is 5.66. The first-order chi connectivity index (χ1) is 13.4. The first-order valence-electron chi connectivity index (χ1n) is 8.42. The highest BCUT2D eigenvalue weighted by molar-refractivity contribution is 6.35. The van der Waals surface area contributed by atoms with Crippen LogP contribution in [0.4, 0.5) is 0 Å². The number of carbonyl (C=O) groups is 2. The number of hydrazone groups is 2. The number of ether oxygens (including phenoxy) is 2. The van der Waals surface area contributed by atoms with Crippen LogP contribution < -0.4 is 20.3 Å². The van der Waals surface area contributed by atoms with Crippen LogP contribution in [0.1, 0.15) is 25.0 Å². The molecule has 2 N–H and O–H groups in total. The van der Waals surface area contributed by atoms with E-state index in [1.165, 1.54) is 0 Å². The van der Waals surface area contributed by atoms with Crippen LogP contribution in [-0.2, 0) is 9.59 Å². The van der Waals surface area contributed by atoms with Crippen molar-refractivity contribution in [3.63, 3.8) is 0 Å². The Bertz CT molecular complexity index is 812. The smallest absolute Gasteiger partial charge is 0.331 e. The number of nitrogens with zero attached hydrogens (tertiary/aromatic N) is 2. The lowest BCUT2D eigenvalue weighted by Gasteiger charge is -2.05. The van der Waals surface area contributed by atoms with Crippen LogP contribution in [0, 0.1) is 0 Å². The maximum absolute atomic E-state index is 11.9. The van der Waals surface area contributed by atoms with Gasteiger partial charge in [-0.05, 0) is 73.5 Å². The monoisotopic (exact) mass is 382 g/mol. The molecule has 0 bridgehead atoms. The summed E-state index contributed by atoms with van der Waals surface area (Å²) < 4.78 is 10.2. The van der Waals surface area contributed by atoms with Crippen molar-refractivity contribution >= 4 is 23.2 Å². The molecule has 0 saturated heterocycles. The van der Waals surface area contributed by atoms with Crippen molar-refractivity contribution in [1.82, 2.24) is 10.9 Å². The molecule has 0 spiro atoms. The van der Waals surface area contributed by atoms with Crippen molar-refractivity contribution in [2.45, 2.75) is 13.8 Å². The second-order valence-corrected chi connectivity index (χ2v) is 5.73. The van der Waals surface area contributed by atoms with Crippen LogP contribution in [0.5, 0.6) is 11.5 Å². The van der Waals surface area contributed by atoms with E-state index in [9.17, 15) is 9.59 Å². The Hall–Kier alpha value is -3.68. The number of amides is 2. The molecule has 2 rings (SSSR count). The topological polar surface area (TPSA) is 101 Å². The molecular weight excluding hydrogens is 360 g/mol. The molecule has 146 valence electrons. The second-order valence-electron chi connectivity index (χ2n) is 5.73. The Morgan fingerprint density at radius 1 is 0.679 bits per heavy atom. The van der Waals surface area contributed by atoms with Gasteiger partial charge in [-0.1, -0.05) is 0 Å². The molecule has 0 aliphatic rings. The summed E-state index contributed by atoms with van der Waals surface area (Å²) in [5.41, 5.74) is 7.08. The van der Waals surface area contributed by atoms with Crippen molar-refractivity contribution in [2.24, 2.45) is 10.2 Å². The lowest BCUT2D eigenvalue weighted by molar-refractivity contribution is -0.139. The van der Waals surface area contributed by atoms with E-state index in [2.05, 4.69) is 21.1 Å². The fraction of sp³-hybridized carbons (Fsp3) is 0.200. The molecule has 2 aromatic rings. The Balaban J connectivity index is 1.93. The summed E-state index contributed by atoms with van der Waals surface area (Å²) in [7, 11) is 3.15. The average Bonchev–Trinajstić information content (AvgIpc) is 2.75. The van der Waals surface area contributed by atoms with Crippen LogP contribution in [0.3, 0.4) is 0 Å². The van der Waals surface area contributed by atoms with E-state index >= 15 is 0 Å². The van der Waals surface area contributed by atoms with Crippen LogP contribution >= 0.6 is 0 Å². The van der Waals surface area contributed by atoms with Gasteiger partial charge in [0, 0.05) is 0 Å². The van der Waals surface area contributed by atoms with E-state index < -0.39 is 11.8 Å². The summed E-state index contributed by atoms with van der Waals surface area (Å²) in [6.45, 7) is 3.43. The van der Waals surface area contributed by atoms with E-state index in [4.69, 9.17) is 9.47 Å². The maximum Gasteiger partial charge on any atom is 0.331 e. The summed E-state index contributed by atoms with van der Waals surface area (Å²) in [6, 6.07) is 14.3. The molecule has 0 aliphatic heterocycles. The zero-order valence-corrected chi connectivity index (χ0v) is 16.1. The van der Waals surface area contributed by atoms with Crippen molar-refractivity contribution in [1.29, 1.82) is 0 Å². The minimum Gasteiger partial charge on any atom is -0.497 e. The highest BCUT2D eigenvalue weighted by atomic mass is 16.5. The number of hydrogen-bond donors (Lipinski definition) is 2. The normalized spacial score (nSPS) is 11.6. The SMILES string of the molecule is COc1ccc(/C(C)=N\NC(=O)C(=O)N/N=C(/C)c2ccc(OC)cc2)cc1. The molecule has 0 aromatic heterocycles. The summed E-state index contributed by atoms with van der Waals surface area (Å²) in [6.07, 6.45) is 0. The third-order valence-electron chi connectivity index (χ3n) is 3.87. The quantitative estimate of drug-likeness (QED) is 0.454. The van der Waals surface area contributed by atoms with Crippen LogP contribution in [-0.4, -0.2) is 37.5 Å². The Kier molecular flexibility index (Phi) is 7.27. The Morgan fingerprint density at radius 2 is 1.00 bits per heavy atom. The van der Waals surface area contributed by atoms with Gasteiger partial charge in [0.2, 0.25) is 0 Å². The number of hydrogen-bond acceptors (Lipinski definition) is 6. The summed E-state index contributed by atoms with van der Waals surface area (Å²) in [5, 5.41) is 7.86. The van der Waals surface area contributed by atoms with E-state index in [1.807, 2.05) is 0 Å². The molecule has 0 unspecified atom stereocenters. The van der Waals surface area contributed by atoms with Gasteiger partial charge < -0.3 is 9.47 Å². The molecule has 28 heavy (non-hydrogen) atoms. The largest absolute Gasteiger partial charge is 0.497 e. The van der Waals surface area contributed by atoms with E-state index in [0.717, 1.165) is 11.1 Å². The molecule has 0 aliphatic carbocycles. The number of carbonyl (C=O) groups excluding carboxylic acids is 2. The molecule has 2 aromatic carbocycles. The number of benzene rings is 2. The summed E-state index contributed by atoms with van der Waals surface area (Å²) >= 11 is 0. The summed E-state index contributed by atoms with van der Waals surface area (Å²) in [5.74, 6) is -0.409. The van der Waals surface area contributed by atoms with Crippen LogP contribution in [0.2, 0.25) is 0 Å². The standard InChI is InChI=1S/C20H22N4O4/c1-13(15-5-9-17(27-3)10-6-15)21-23-19(25)20(26)24-22-14(2)16-7-11-18(28-4)12-8-16/h5-12H,1-4H3,(H,23,25)(H,24,26)/b21-13-,22-14-. The number of methoxy groups -OCH3 is 2. The molecule has 0 fully saturated rings. The van der Waals surface area contributed by atoms with Gasteiger partial charge in [0.05, 0.1) is 25.6 Å². The lowest BCUT2D eigenvalue weighted by Crippen LogP contribution is -2.36. The summed E-state index contributed by atoms with van der Waals surface area (Å²) in [4.78, 5) is 23.8. The van der Waals surface area contributed by atoms with Gasteiger partial charge in [0.1, 0.15) is 11.5 Å². The molecule has 0 atom stereocenters. The predicted molar refractivity (Wildman–Crippen MR) is 107 cm³/mol. The van der Waals surface area contributed by atoms with Crippen molar-refractivity contribution < 1.29 is 19.1 Å². The molecule has 0 heterocycles. The van der Waals surface area contributed by atoms with Gasteiger partial charge in [0.25, 0.3) is 0 Å². The first kappa shape index (κ1) is 20.6. The highest BCUT2D eigenvalue weighted by Gasteiger charge is 2.12. The second kappa shape index (κ2) is 9.86. The average molecular weight is 382 g/mol. The third-order valence-corrected chi connectivity index (χ3v) is 3.87. The number of rotatable bonds is 6. The van der Waals surface area contributed by atoms with Crippen molar-refractivity contribution in [3.05, 3.63) is 59.7 Å². The van der Waals surface area contributed by atoms with Crippen molar-refractivity contribution in [2.75, 3.05) is 14.2 Å². The highest BCUT2D eigenvalue weighted by Crippen LogP contribution is 2.12. The molecule has 0 radical (unpaired) electrons. The zero-order chi connectivity index (χ0) is 20.5. The van der Waals surface area contributed by atoms with Gasteiger partial charge >= 0.3 is 11.8 Å². The molecule has 8 heteroatoms. The lowest BCUT2D eigenvalue weighted by atomic mass is 10.1. The maximum atomic E-state index is 11.9. The first-order valence-corrected chi connectivity index (χ1v) is 8.42. The fourth-order valence-corrected chi connectivity index (χ4v) is 2.16. The van der Waals surface area contributed by atoms with Crippen LogP contribution in [0.15, 0.2) is 58.7 Å². The Labute approximate surface area is 163 Å². The van der Waals surface area contributed by atoms with Gasteiger partial charge in [-0.3, -0.25) is 9.59 Å². The van der Waals surface area contributed by atoms with Gasteiger partial charge in [-0.15, -0.1) is 0 Å². The Morgan fingerprint density at radius 3 is 1.29 bits per heavy atom. The number of nitrogens with one attached hydrogen (secondary N) is 2. The van der Waals surface area contributed by atoms with Gasteiger partial charge in [-0.25, -0.2) is 10.9 Å². The molecular formula is C20H22N4O4. The molecule has 2 amide bonds. The van der Waals surface area contributed by atoms with E-state index in [0.29, 0.717) is 22.9 Å². The van der Waals surface area contributed by atoms with E-state index in [-0.39, 0.29) is 0 Å². The predicted octanol–water partition coefficient (Wildman–Crippen LogP) is 2.08. The van der Waals surface area contributed by atoms with E-state index in [1.54, 1.807) is 76.6 Å². The zero-order valence-electron chi connectivity index (χ0n) is 16.1. The minimum absolute atomic E-state index is 0.543. The van der Waals surface area contributed by atoms with Crippen LogP contribution in [0.25, 0.3) is 0 Å². The van der Waals surface area contributed by atoms with Gasteiger partial charge in [-0.2, -0.15) is 10.2 Å².